The van der Waals surface area contributed by atoms with Crippen molar-refractivity contribution in [2.75, 3.05) is 18.5 Å². The molecule has 0 aliphatic carbocycles. The van der Waals surface area contributed by atoms with Crippen molar-refractivity contribution in [3.05, 3.63) is 40.7 Å². The van der Waals surface area contributed by atoms with Gasteiger partial charge in [0.2, 0.25) is 0 Å². The van der Waals surface area contributed by atoms with Crippen LogP contribution >= 0.6 is 11.3 Å². The second-order valence-electron chi connectivity index (χ2n) is 5.54. The zero-order valence-corrected chi connectivity index (χ0v) is 13.8. The molecule has 1 aromatic carbocycles. The monoisotopic (exact) mass is 307 g/mol. The van der Waals surface area contributed by atoms with Gasteiger partial charge in [0.05, 0.1) is 11.4 Å². The van der Waals surface area contributed by atoms with Gasteiger partial charge < -0.3 is 10.2 Å². The highest BCUT2D eigenvalue weighted by molar-refractivity contribution is 7.15. The number of nitrogens with zero attached hydrogens (tertiary/aromatic N) is 2. The smallest absolute Gasteiger partial charge is 0.190 e. The largest absolute Gasteiger partial charge is 0.318 e. The summed E-state index contributed by atoms with van der Waals surface area (Å²) in [5.41, 5.74) is 1.56. The van der Waals surface area contributed by atoms with Crippen LogP contribution in [0.25, 0.3) is 0 Å². The van der Waals surface area contributed by atoms with E-state index in [0.717, 1.165) is 23.9 Å². The summed E-state index contributed by atoms with van der Waals surface area (Å²) in [6, 6.07) is 6.77. The molecule has 2 aromatic rings. The molecule has 0 radical (unpaired) electrons. The van der Waals surface area contributed by atoms with E-state index < -0.39 is 0 Å². The molecule has 0 unspecified atom stereocenters. The van der Waals surface area contributed by atoms with E-state index in [4.69, 9.17) is 0 Å². The summed E-state index contributed by atoms with van der Waals surface area (Å²) >= 11 is 1.61. The van der Waals surface area contributed by atoms with Crippen LogP contribution < -0.4 is 10.2 Å². The van der Waals surface area contributed by atoms with E-state index in [0.29, 0.717) is 11.6 Å². The van der Waals surface area contributed by atoms with Gasteiger partial charge >= 0.3 is 0 Å². The van der Waals surface area contributed by atoms with Gasteiger partial charge in [-0.05, 0) is 31.5 Å². The Morgan fingerprint density at radius 1 is 1.33 bits per heavy atom. The molecule has 0 bridgehead atoms. The maximum absolute atomic E-state index is 13.8. The quantitative estimate of drug-likeness (QED) is 0.870. The molecule has 0 amide bonds. The fourth-order valence-corrected chi connectivity index (χ4v) is 3.03. The summed E-state index contributed by atoms with van der Waals surface area (Å²) in [4.78, 5) is 7.57. The third-order valence-electron chi connectivity index (χ3n) is 3.22. The molecular formula is C16H22FN3S. The van der Waals surface area contributed by atoms with Gasteiger partial charge in [-0.1, -0.05) is 37.3 Å². The number of benzene rings is 1. The minimum Gasteiger partial charge on any atom is -0.318 e. The van der Waals surface area contributed by atoms with Gasteiger partial charge in [-0.15, -0.1) is 0 Å². The van der Waals surface area contributed by atoms with Crippen LogP contribution in [0.2, 0.25) is 0 Å². The second-order valence-corrected chi connectivity index (χ2v) is 6.60. The molecule has 114 valence electrons. The van der Waals surface area contributed by atoms with E-state index in [1.165, 1.54) is 10.9 Å². The van der Waals surface area contributed by atoms with Gasteiger partial charge in [-0.3, -0.25) is 0 Å². The first kappa shape index (κ1) is 15.9. The lowest BCUT2D eigenvalue weighted by atomic mass is 10.2. The van der Waals surface area contributed by atoms with Gasteiger partial charge in [0, 0.05) is 18.5 Å². The average Bonchev–Trinajstić information content (AvgIpc) is 2.80. The van der Waals surface area contributed by atoms with Crippen molar-refractivity contribution in [3.63, 3.8) is 0 Å². The molecule has 0 fully saturated rings. The predicted molar refractivity (Wildman–Crippen MR) is 87.9 cm³/mol. The van der Waals surface area contributed by atoms with Crippen LogP contribution in [0, 0.1) is 18.7 Å². The van der Waals surface area contributed by atoms with Gasteiger partial charge in [0.15, 0.2) is 5.13 Å². The highest BCUT2D eigenvalue weighted by atomic mass is 32.1. The van der Waals surface area contributed by atoms with E-state index in [-0.39, 0.29) is 5.82 Å². The number of halogens is 1. The fraction of sp³-hybridized carbons (Fsp3) is 0.438. The van der Waals surface area contributed by atoms with Gasteiger partial charge in [0.1, 0.15) is 5.82 Å². The molecule has 1 aromatic heterocycles. The summed E-state index contributed by atoms with van der Waals surface area (Å²) in [7, 11) is 1.85. The van der Waals surface area contributed by atoms with Crippen LogP contribution in [0.3, 0.4) is 0 Å². The van der Waals surface area contributed by atoms with Crippen molar-refractivity contribution < 1.29 is 4.39 Å². The normalized spacial score (nSPS) is 11.1. The average molecular weight is 307 g/mol. The van der Waals surface area contributed by atoms with Crippen LogP contribution in [0.15, 0.2) is 24.3 Å². The van der Waals surface area contributed by atoms with Crippen LogP contribution in [-0.4, -0.2) is 18.6 Å². The summed E-state index contributed by atoms with van der Waals surface area (Å²) in [6.45, 7) is 8.16. The molecular weight excluding hydrogens is 285 g/mol. The number of hydrogen-bond acceptors (Lipinski definition) is 4. The Labute approximate surface area is 129 Å². The maximum atomic E-state index is 13.8. The molecule has 0 aliphatic heterocycles. The number of thiazole rings is 1. The minimum absolute atomic E-state index is 0.229. The molecule has 3 nitrogen and oxygen atoms in total. The number of aromatic nitrogens is 1. The van der Waals surface area contributed by atoms with Crippen LogP contribution in [0.1, 0.15) is 24.4 Å². The Morgan fingerprint density at radius 2 is 2.05 bits per heavy atom. The third kappa shape index (κ3) is 4.02. The van der Waals surface area contributed by atoms with E-state index in [1.54, 1.807) is 28.4 Å². The van der Waals surface area contributed by atoms with Crippen LogP contribution in [0.5, 0.6) is 0 Å². The van der Waals surface area contributed by atoms with Crippen molar-refractivity contribution >= 4 is 22.2 Å². The molecule has 1 N–H and O–H groups in total. The fourth-order valence-electron chi connectivity index (χ4n) is 2.02. The zero-order chi connectivity index (χ0) is 15.4. The number of aryl methyl sites for hydroxylation is 1. The summed E-state index contributed by atoms with van der Waals surface area (Å²) in [6.07, 6.45) is 0. The Morgan fingerprint density at radius 3 is 2.71 bits per heavy atom. The molecule has 1 heterocycles. The van der Waals surface area contributed by atoms with E-state index in [1.807, 2.05) is 20.0 Å². The van der Waals surface area contributed by atoms with Crippen molar-refractivity contribution in [2.45, 2.75) is 27.3 Å². The first-order valence-electron chi connectivity index (χ1n) is 7.14. The summed E-state index contributed by atoms with van der Waals surface area (Å²) < 4.78 is 13.8. The van der Waals surface area contributed by atoms with Crippen molar-refractivity contribution in [1.82, 2.24) is 10.3 Å². The highest BCUT2D eigenvalue weighted by Crippen LogP contribution is 2.31. The molecule has 0 atom stereocenters. The minimum atomic E-state index is -0.229. The Kier molecular flexibility index (Phi) is 5.31. The van der Waals surface area contributed by atoms with Gasteiger partial charge in [-0.25, -0.2) is 9.37 Å². The zero-order valence-electron chi connectivity index (χ0n) is 13.0. The van der Waals surface area contributed by atoms with Crippen LogP contribution in [0.4, 0.5) is 15.2 Å². The van der Waals surface area contributed by atoms with Gasteiger partial charge in [0.25, 0.3) is 0 Å². The lowest BCUT2D eigenvalue weighted by molar-refractivity contribution is 0.554. The summed E-state index contributed by atoms with van der Waals surface area (Å²) in [5, 5.41) is 4.24. The van der Waals surface area contributed by atoms with Crippen LogP contribution in [-0.2, 0) is 6.54 Å². The van der Waals surface area contributed by atoms with E-state index in [2.05, 4.69) is 24.1 Å². The Bertz CT molecular complexity index is 595. The topological polar surface area (TPSA) is 28.2 Å². The maximum Gasteiger partial charge on any atom is 0.190 e. The molecule has 0 aliphatic rings. The predicted octanol–water partition coefficient (Wildman–Crippen LogP) is 4.10. The first-order chi connectivity index (χ1) is 9.99. The van der Waals surface area contributed by atoms with Gasteiger partial charge in [-0.2, -0.15) is 0 Å². The highest BCUT2D eigenvalue weighted by Gasteiger charge is 2.14. The standard InChI is InChI=1S/C16H22FN3S/c1-11(2)9-18-10-15-12(3)19-16(21-15)20(4)14-8-6-5-7-13(14)17/h5-8,11,18H,9-10H2,1-4H3. The number of rotatable bonds is 6. The van der Waals surface area contributed by atoms with Crippen molar-refractivity contribution in [2.24, 2.45) is 5.92 Å². The van der Waals surface area contributed by atoms with Crippen molar-refractivity contribution in [1.29, 1.82) is 0 Å². The first-order valence-corrected chi connectivity index (χ1v) is 7.96. The van der Waals surface area contributed by atoms with E-state index in [9.17, 15) is 4.39 Å². The number of nitrogens with one attached hydrogen (secondary N) is 1. The number of anilines is 2. The van der Waals surface area contributed by atoms with E-state index >= 15 is 0 Å². The molecule has 21 heavy (non-hydrogen) atoms. The SMILES string of the molecule is Cc1nc(N(C)c2ccccc2F)sc1CNCC(C)C. The Balaban J connectivity index is 2.12. The lowest BCUT2D eigenvalue weighted by Gasteiger charge is -2.16. The van der Waals surface area contributed by atoms with Crippen molar-refractivity contribution in [3.8, 4) is 0 Å². The molecule has 0 saturated carbocycles. The molecule has 0 saturated heterocycles. The lowest BCUT2D eigenvalue weighted by Crippen LogP contribution is -2.18. The Hall–Kier alpha value is -1.46. The second kappa shape index (κ2) is 7.00. The molecule has 2 rings (SSSR count). The number of para-hydroxylation sites is 1. The third-order valence-corrected chi connectivity index (χ3v) is 4.45. The summed E-state index contributed by atoms with van der Waals surface area (Å²) in [5.74, 6) is 0.395. The molecule has 5 heteroatoms. The molecule has 0 spiro atoms. The number of hydrogen-bond donors (Lipinski definition) is 1.